The molecular weight excluding hydrogens is 268 g/mol. The molecule has 1 N–H and O–H groups in total. The van der Waals surface area contributed by atoms with Crippen LogP contribution in [0.15, 0.2) is 24.5 Å². The molecule has 1 amide bonds. The molecule has 1 atom stereocenters. The smallest absolute Gasteiger partial charge is 0.311 e. The van der Waals surface area contributed by atoms with E-state index in [1.165, 1.54) is 0 Å². The highest BCUT2D eigenvalue weighted by atomic mass is 16.4. The molecule has 0 spiro atoms. The Bertz CT molecular complexity index is 500. The number of likely N-dealkylation sites (tertiary alicyclic amines) is 1. The molecular formula is C16H22N2O3. The maximum Gasteiger partial charge on any atom is 0.311 e. The molecule has 1 aliphatic heterocycles. The van der Waals surface area contributed by atoms with Crippen LogP contribution in [-0.4, -0.2) is 40.0 Å². The highest BCUT2D eigenvalue weighted by Crippen LogP contribution is 2.35. The Balaban J connectivity index is 2.06. The van der Waals surface area contributed by atoms with Gasteiger partial charge in [0.25, 0.3) is 0 Å². The van der Waals surface area contributed by atoms with Gasteiger partial charge in [-0.1, -0.05) is 13.3 Å². The largest absolute Gasteiger partial charge is 0.481 e. The quantitative estimate of drug-likeness (QED) is 0.901. The number of hydrogen-bond acceptors (Lipinski definition) is 3. The van der Waals surface area contributed by atoms with E-state index in [0.29, 0.717) is 32.4 Å². The molecule has 0 radical (unpaired) electrons. The Morgan fingerprint density at radius 1 is 1.38 bits per heavy atom. The normalized spacial score (nSPS) is 22.0. The molecule has 21 heavy (non-hydrogen) atoms. The molecule has 114 valence electrons. The van der Waals surface area contributed by atoms with Gasteiger partial charge < -0.3 is 10.0 Å². The highest BCUT2D eigenvalue weighted by molar-refractivity contribution is 5.81. The van der Waals surface area contributed by atoms with Crippen molar-refractivity contribution in [3.63, 3.8) is 0 Å². The van der Waals surface area contributed by atoms with Gasteiger partial charge in [0.15, 0.2) is 0 Å². The third-order valence-electron chi connectivity index (χ3n) is 4.22. The van der Waals surface area contributed by atoms with Crippen molar-refractivity contribution in [2.24, 2.45) is 5.41 Å². The number of nitrogens with zero attached hydrogens (tertiary/aromatic N) is 2. The first-order valence-corrected chi connectivity index (χ1v) is 7.47. The number of aliphatic carboxylic acids is 1. The Labute approximate surface area is 125 Å². The van der Waals surface area contributed by atoms with E-state index in [1.807, 2.05) is 19.1 Å². The highest BCUT2D eigenvalue weighted by Gasteiger charge is 2.42. The number of piperidine rings is 1. The lowest BCUT2D eigenvalue weighted by molar-refractivity contribution is -0.155. The van der Waals surface area contributed by atoms with Crippen molar-refractivity contribution < 1.29 is 14.7 Å². The van der Waals surface area contributed by atoms with Gasteiger partial charge in [0, 0.05) is 25.5 Å². The summed E-state index contributed by atoms with van der Waals surface area (Å²) in [5.74, 6) is -0.770. The fourth-order valence-corrected chi connectivity index (χ4v) is 3.10. The van der Waals surface area contributed by atoms with Gasteiger partial charge in [0.2, 0.25) is 5.91 Å². The Hall–Kier alpha value is -1.91. The third-order valence-corrected chi connectivity index (χ3v) is 4.22. The van der Waals surface area contributed by atoms with E-state index in [2.05, 4.69) is 4.98 Å². The predicted octanol–water partition coefficient (Wildman–Crippen LogP) is 2.12. The van der Waals surface area contributed by atoms with E-state index in [4.69, 9.17) is 0 Å². The lowest BCUT2D eigenvalue weighted by Crippen LogP contribution is -2.50. The molecule has 2 rings (SSSR count). The van der Waals surface area contributed by atoms with Crippen LogP contribution in [0.1, 0.15) is 38.2 Å². The lowest BCUT2D eigenvalue weighted by atomic mass is 9.76. The van der Waals surface area contributed by atoms with Crippen molar-refractivity contribution in [2.75, 3.05) is 13.1 Å². The molecule has 1 aromatic heterocycles. The van der Waals surface area contributed by atoms with E-state index in [-0.39, 0.29) is 5.91 Å². The molecule has 0 bridgehead atoms. The van der Waals surface area contributed by atoms with Crippen LogP contribution in [0.5, 0.6) is 0 Å². The van der Waals surface area contributed by atoms with Gasteiger partial charge in [-0.05, 0) is 37.0 Å². The first kappa shape index (κ1) is 15.5. The summed E-state index contributed by atoms with van der Waals surface area (Å²) < 4.78 is 0. The number of carbonyl (C=O) groups excluding carboxylic acids is 1. The summed E-state index contributed by atoms with van der Waals surface area (Å²) in [5, 5.41) is 9.56. The fraction of sp³-hybridized carbons (Fsp3) is 0.562. The molecule has 1 fully saturated rings. The van der Waals surface area contributed by atoms with Crippen LogP contribution in [0.2, 0.25) is 0 Å². The lowest BCUT2D eigenvalue weighted by Gasteiger charge is -2.40. The number of amides is 1. The predicted molar refractivity (Wildman–Crippen MR) is 78.7 cm³/mol. The summed E-state index contributed by atoms with van der Waals surface area (Å²) >= 11 is 0. The van der Waals surface area contributed by atoms with E-state index in [1.54, 1.807) is 17.3 Å². The Kier molecular flexibility index (Phi) is 4.94. The monoisotopic (exact) mass is 290 g/mol. The minimum absolute atomic E-state index is 0.00243. The standard InChI is InChI=1S/C16H22N2O3/c1-2-6-16(15(20)21)7-3-10-18(12-16)14(19)11-13-4-8-17-9-5-13/h4-5,8-9H,2-3,6-7,10-12H2,1H3,(H,20,21). The first-order chi connectivity index (χ1) is 10.1. The van der Waals surface area contributed by atoms with Crippen molar-refractivity contribution in [2.45, 2.75) is 39.0 Å². The third kappa shape index (κ3) is 3.60. The average Bonchev–Trinajstić information content (AvgIpc) is 2.48. The fourth-order valence-electron chi connectivity index (χ4n) is 3.10. The number of rotatable bonds is 5. The molecule has 0 saturated carbocycles. The van der Waals surface area contributed by atoms with Crippen LogP contribution in [-0.2, 0) is 16.0 Å². The molecule has 0 aromatic carbocycles. The Morgan fingerprint density at radius 2 is 2.10 bits per heavy atom. The van der Waals surface area contributed by atoms with Crippen LogP contribution < -0.4 is 0 Å². The maximum absolute atomic E-state index is 12.4. The second-order valence-corrected chi connectivity index (χ2v) is 5.79. The SMILES string of the molecule is CCCC1(C(=O)O)CCCN(C(=O)Cc2ccncc2)C1. The first-order valence-electron chi connectivity index (χ1n) is 7.47. The van der Waals surface area contributed by atoms with E-state index < -0.39 is 11.4 Å². The zero-order valence-corrected chi connectivity index (χ0v) is 12.4. The number of hydrogen-bond donors (Lipinski definition) is 1. The topological polar surface area (TPSA) is 70.5 Å². The number of pyridine rings is 1. The zero-order chi connectivity index (χ0) is 15.3. The number of carboxylic acids is 1. The molecule has 1 aliphatic rings. The summed E-state index contributed by atoms with van der Waals surface area (Å²) in [6.45, 7) is 2.98. The van der Waals surface area contributed by atoms with Crippen molar-refractivity contribution in [1.29, 1.82) is 0 Å². The van der Waals surface area contributed by atoms with Gasteiger partial charge in [0.05, 0.1) is 11.8 Å². The van der Waals surface area contributed by atoms with Crippen LogP contribution >= 0.6 is 0 Å². The molecule has 1 aromatic rings. The summed E-state index contributed by atoms with van der Waals surface area (Å²) in [5.41, 5.74) is 0.151. The summed E-state index contributed by atoms with van der Waals surface area (Å²) in [4.78, 5) is 29.7. The van der Waals surface area contributed by atoms with E-state index in [9.17, 15) is 14.7 Å². The van der Waals surface area contributed by atoms with Crippen molar-refractivity contribution in [1.82, 2.24) is 9.88 Å². The molecule has 5 heteroatoms. The average molecular weight is 290 g/mol. The molecule has 2 heterocycles. The van der Waals surface area contributed by atoms with Gasteiger partial charge in [-0.3, -0.25) is 14.6 Å². The van der Waals surface area contributed by atoms with Crippen molar-refractivity contribution >= 4 is 11.9 Å². The van der Waals surface area contributed by atoms with E-state index in [0.717, 1.165) is 18.4 Å². The summed E-state index contributed by atoms with van der Waals surface area (Å²) in [6.07, 6.45) is 6.50. The van der Waals surface area contributed by atoms with Crippen LogP contribution in [0.25, 0.3) is 0 Å². The summed E-state index contributed by atoms with van der Waals surface area (Å²) in [7, 11) is 0. The molecule has 0 aliphatic carbocycles. The second kappa shape index (κ2) is 6.70. The zero-order valence-electron chi connectivity index (χ0n) is 12.4. The number of carboxylic acid groups (broad SMARTS) is 1. The maximum atomic E-state index is 12.4. The summed E-state index contributed by atoms with van der Waals surface area (Å²) in [6, 6.07) is 3.64. The molecule has 1 saturated heterocycles. The van der Waals surface area contributed by atoms with Gasteiger partial charge >= 0.3 is 5.97 Å². The van der Waals surface area contributed by atoms with Crippen LogP contribution in [0.3, 0.4) is 0 Å². The molecule has 1 unspecified atom stereocenters. The van der Waals surface area contributed by atoms with Crippen LogP contribution in [0.4, 0.5) is 0 Å². The number of carbonyl (C=O) groups is 2. The van der Waals surface area contributed by atoms with Gasteiger partial charge in [-0.25, -0.2) is 0 Å². The van der Waals surface area contributed by atoms with Gasteiger partial charge in [0.1, 0.15) is 0 Å². The van der Waals surface area contributed by atoms with Crippen molar-refractivity contribution in [3.05, 3.63) is 30.1 Å². The van der Waals surface area contributed by atoms with Crippen molar-refractivity contribution in [3.8, 4) is 0 Å². The van der Waals surface area contributed by atoms with Gasteiger partial charge in [-0.15, -0.1) is 0 Å². The Morgan fingerprint density at radius 3 is 2.71 bits per heavy atom. The minimum Gasteiger partial charge on any atom is -0.481 e. The molecule has 5 nitrogen and oxygen atoms in total. The van der Waals surface area contributed by atoms with Crippen LogP contribution in [0, 0.1) is 5.41 Å². The van der Waals surface area contributed by atoms with Gasteiger partial charge in [-0.2, -0.15) is 0 Å². The second-order valence-electron chi connectivity index (χ2n) is 5.79. The number of aromatic nitrogens is 1. The minimum atomic E-state index is -0.772. The van der Waals surface area contributed by atoms with E-state index >= 15 is 0 Å².